The van der Waals surface area contributed by atoms with Gasteiger partial charge in [-0.15, -0.1) is 0 Å². The Balaban J connectivity index is 2.07. The third-order valence-corrected chi connectivity index (χ3v) is 4.06. The second kappa shape index (κ2) is 8.96. The minimum Gasteiger partial charge on any atom is -0.490 e. The molecule has 0 spiro atoms. The number of nitro groups is 1. The van der Waals surface area contributed by atoms with E-state index in [0.717, 1.165) is 12.1 Å². The molecule has 0 aromatic heterocycles. The molecule has 7 heteroatoms. The van der Waals surface area contributed by atoms with Gasteiger partial charge in [-0.25, -0.2) is 0 Å². The number of rotatable bonds is 8. The molecule has 138 valence electrons. The van der Waals surface area contributed by atoms with Crippen molar-refractivity contribution in [3.8, 4) is 5.75 Å². The van der Waals surface area contributed by atoms with Gasteiger partial charge in [-0.2, -0.15) is 0 Å². The van der Waals surface area contributed by atoms with Gasteiger partial charge in [0.25, 0.3) is 0 Å². The van der Waals surface area contributed by atoms with E-state index in [4.69, 9.17) is 4.74 Å². The fourth-order valence-corrected chi connectivity index (χ4v) is 2.63. The molecular formula is C19H23N3O4. The van der Waals surface area contributed by atoms with Gasteiger partial charge in [0, 0.05) is 24.4 Å². The Morgan fingerprint density at radius 3 is 2.54 bits per heavy atom. The van der Waals surface area contributed by atoms with Crippen LogP contribution in [0.4, 0.5) is 11.4 Å². The lowest BCUT2D eigenvalue weighted by Crippen LogP contribution is -2.32. The van der Waals surface area contributed by atoms with Gasteiger partial charge in [0.2, 0.25) is 5.91 Å². The van der Waals surface area contributed by atoms with Crippen LogP contribution in [-0.2, 0) is 11.3 Å². The highest BCUT2D eigenvalue weighted by molar-refractivity contribution is 5.93. The molecule has 0 aliphatic carbocycles. The SMILES string of the molecule is CCN(CC(=O)Nc1cc(OC)c([N+](=O)[O-])cc1C)Cc1ccccc1. The van der Waals surface area contributed by atoms with Gasteiger partial charge in [-0.1, -0.05) is 37.3 Å². The monoisotopic (exact) mass is 357 g/mol. The molecule has 2 aromatic rings. The standard InChI is InChI=1S/C19H23N3O4/c1-4-21(12-15-8-6-5-7-9-15)13-19(23)20-16-11-18(26-3)17(22(24)25)10-14(16)2/h5-11H,4,12-13H2,1-3H3,(H,20,23). The molecular weight excluding hydrogens is 334 g/mol. The second-order valence-corrected chi connectivity index (χ2v) is 5.93. The van der Waals surface area contributed by atoms with Crippen LogP contribution < -0.4 is 10.1 Å². The molecule has 1 amide bonds. The zero-order valence-electron chi connectivity index (χ0n) is 15.2. The van der Waals surface area contributed by atoms with Crippen molar-refractivity contribution >= 4 is 17.3 Å². The number of nitro benzene ring substituents is 1. The first-order valence-electron chi connectivity index (χ1n) is 8.33. The lowest BCUT2D eigenvalue weighted by atomic mass is 10.1. The van der Waals surface area contributed by atoms with Crippen LogP contribution in [0.5, 0.6) is 5.75 Å². The number of nitrogens with one attached hydrogen (secondary N) is 1. The lowest BCUT2D eigenvalue weighted by Gasteiger charge is -2.20. The molecule has 2 aromatic carbocycles. The molecule has 7 nitrogen and oxygen atoms in total. The smallest absolute Gasteiger partial charge is 0.311 e. The first-order chi connectivity index (χ1) is 12.4. The van der Waals surface area contributed by atoms with Crippen molar-refractivity contribution in [1.29, 1.82) is 0 Å². The fraction of sp³-hybridized carbons (Fsp3) is 0.316. The summed E-state index contributed by atoms with van der Waals surface area (Å²) in [4.78, 5) is 25.0. The van der Waals surface area contributed by atoms with Crippen LogP contribution in [0, 0.1) is 17.0 Å². The second-order valence-electron chi connectivity index (χ2n) is 5.93. The molecule has 0 aliphatic heterocycles. The third kappa shape index (κ3) is 5.03. The number of anilines is 1. The van der Waals surface area contributed by atoms with Crippen LogP contribution in [0.25, 0.3) is 0 Å². The predicted molar refractivity (Wildman–Crippen MR) is 100 cm³/mol. The van der Waals surface area contributed by atoms with Crippen molar-refractivity contribution in [2.75, 3.05) is 25.5 Å². The molecule has 0 fully saturated rings. The van der Waals surface area contributed by atoms with Crippen LogP contribution in [-0.4, -0.2) is 35.9 Å². The van der Waals surface area contributed by atoms with E-state index in [1.807, 2.05) is 42.2 Å². The van der Waals surface area contributed by atoms with Gasteiger partial charge >= 0.3 is 5.69 Å². The summed E-state index contributed by atoms with van der Waals surface area (Å²) in [7, 11) is 1.36. The molecule has 0 atom stereocenters. The van der Waals surface area contributed by atoms with E-state index in [-0.39, 0.29) is 23.9 Å². The molecule has 0 aliphatic rings. The highest BCUT2D eigenvalue weighted by Crippen LogP contribution is 2.32. The molecule has 2 rings (SSSR count). The minimum atomic E-state index is -0.504. The number of hydrogen-bond donors (Lipinski definition) is 1. The van der Waals surface area contributed by atoms with Crippen LogP contribution in [0.3, 0.4) is 0 Å². The number of hydrogen-bond acceptors (Lipinski definition) is 5. The molecule has 1 N–H and O–H groups in total. The Morgan fingerprint density at radius 1 is 1.27 bits per heavy atom. The quantitative estimate of drug-likeness (QED) is 0.578. The third-order valence-electron chi connectivity index (χ3n) is 4.06. The number of benzene rings is 2. The maximum absolute atomic E-state index is 12.4. The number of aryl methyl sites for hydroxylation is 1. The zero-order valence-corrected chi connectivity index (χ0v) is 15.2. The Morgan fingerprint density at radius 2 is 1.96 bits per heavy atom. The predicted octanol–water partition coefficient (Wildman–Crippen LogP) is 3.37. The highest BCUT2D eigenvalue weighted by atomic mass is 16.6. The van der Waals surface area contributed by atoms with E-state index in [9.17, 15) is 14.9 Å². The number of ether oxygens (including phenoxy) is 1. The Kier molecular flexibility index (Phi) is 6.68. The van der Waals surface area contributed by atoms with Crippen molar-refractivity contribution in [2.24, 2.45) is 0 Å². The summed E-state index contributed by atoms with van der Waals surface area (Å²) in [5.74, 6) is -0.0608. The molecule has 26 heavy (non-hydrogen) atoms. The van der Waals surface area contributed by atoms with Gasteiger partial charge < -0.3 is 10.1 Å². The fourth-order valence-electron chi connectivity index (χ4n) is 2.63. The van der Waals surface area contributed by atoms with Crippen molar-refractivity contribution in [3.05, 3.63) is 63.7 Å². The van der Waals surface area contributed by atoms with E-state index in [1.165, 1.54) is 19.2 Å². The normalized spacial score (nSPS) is 10.6. The first-order valence-corrected chi connectivity index (χ1v) is 8.33. The summed E-state index contributed by atoms with van der Waals surface area (Å²) in [5.41, 5.74) is 2.13. The molecule has 0 bridgehead atoms. The number of likely N-dealkylation sites (N-methyl/N-ethyl adjacent to an activating group) is 1. The van der Waals surface area contributed by atoms with Gasteiger partial charge in [0.1, 0.15) is 0 Å². The van der Waals surface area contributed by atoms with Crippen molar-refractivity contribution in [2.45, 2.75) is 20.4 Å². The average Bonchev–Trinajstić information content (AvgIpc) is 2.63. The maximum Gasteiger partial charge on any atom is 0.311 e. The summed E-state index contributed by atoms with van der Waals surface area (Å²) in [6.07, 6.45) is 0. The van der Waals surface area contributed by atoms with E-state index >= 15 is 0 Å². The van der Waals surface area contributed by atoms with Crippen LogP contribution >= 0.6 is 0 Å². The highest BCUT2D eigenvalue weighted by Gasteiger charge is 2.19. The Labute approximate surface area is 152 Å². The van der Waals surface area contributed by atoms with Crippen LogP contribution in [0.1, 0.15) is 18.1 Å². The first kappa shape index (κ1) is 19.4. The summed E-state index contributed by atoms with van der Waals surface area (Å²) in [5, 5.41) is 13.9. The molecule has 0 unspecified atom stereocenters. The van der Waals surface area contributed by atoms with Crippen molar-refractivity contribution < 1.29 is 14.5 Å². The Hall–Kier alpha value is -2.93. The lowest BCUT2D eigenvalue weighted by molar-refractivity contribution is -0.385. The number of amides is 1. The van der Waals surface area contributed by atoms with Crippen molar-refractivity contribution in [3.63, 3.8) is 0 Å². The summed E-state index contributed by atoms with van der Waals surface area (Å²) < 4.78 is 5.06. The number of carbonyl (C=O) groups is 1. The minimum absolute atomic E-state index is 0.118. The molecule has 0 radical (unpaired) electrons. The van der Waals surface area contributed by atoms with Crippen LogP contribution in [0.2, 0.25) is 0 Å². The van der Waals surface area contributed by atoms with Gasteiger partial charge in [0.05, 0.1) is 18.6 Å². The molecule has 0 heterocycles. The molecule has 0 saturated carbocycles. The topological polar surface area (TPSA) is 84.7 Å². The zero-order chi connectivity index (χ0) is 19.1. The van der Waals surface area contributed by atoms with Gasteiger partial charge in [0.15, 0.2) is 5.75 Å². The van der Waals surface area contributed by atoms with Crippen molar-refractivity contribution in [1.82, 2.24) is 4.90 Å². The number of carbonyl (C=O) groups excluding carboxylic acids is 1. The van der Waals surface area contributed by atoms with Gasteiger partial charge in [-0.05, 0) is 24.6 Å². The van der Waals surface area contributed by atoms with E-state index in [0.29, 0.717) is 17.8 Å². The van der Waals surface area contributed by atoms with E-state index < -0.39 is 4.92 Å². The van der Waals surface area contributed by atoms with Gasteiger partial charge in [-0.3, -0.25) is 19.8 Å². The van der Waals surface area contributed by atoms with Crippen LogP contribution in [0.15, 0.2) is 42.5 Å². The average molecular weight is 357 g/mol. The van der Waals surface area contributed by atoms with E-state index in [1.54, 1.807) is 6.92 Å². The van der Waals surface area contributed by atoms with E-state index in [2.05, 4.69) is 5.32 Å². The Bertz CT molecular complexity index is 778. The number of methoxy groups -OCH3 is 1. The largest absolute Gasteiger partial charge is 0.490 e. The summed E-state index contributed by atoms with van der Waals surface area (Å²) in [6, 6.07) is 12.8. The number of nitrogens with zero attached hydrogens (tertiary/aromatic N) is 2. The summed E-state index contributed by atoms with van der Waals surface area (Å²) in [6.45, 7) is 5.34. The summed E-state index contributed by atoms with van der Waals surface area (Å²) >= 11 is 0. The molecule has 0 saturated heterocycles. The maximum atomic E-state index is 12.4.